The van der Waals surface area contributed by atoms with E-state index in [0.717, 1.165) is 29.0 Å². The first-order chi connectivity index (χ1) is 21.4. The number of fused-ring (bicyclic) bond motifs is 1. The van der Waals surface area contributed by atoms with Gasteiger partial charge in [0.25, 0.3) is 0 Å². The zero-order valence-corrected chi connectivity index (χ0v) is 24.2. The summed E-state index contributed by atoms with van der Waals surface area (Å²) in [6.45, 7) is 1.67. The van der Waals surface area contributed by atoms with Gasteiger partial charge in [0.1, 0.15) is 24.0 Å². The third-order valence-corrected chi connectivity index (χ3v) is 8.08. The van der Waals surface area contributed by atoms with Gasteiger partial charge in [0.05, 0.1) is 17.9 Å². The third kappa shape index (κ3) is 5.62. The Kier molecular flexibility index (Phi) is 6.67. The summed E-state index contributed by atoms with van der Waals surface area (Å²) in [5.41, 5.74) is 3.11. The molecule has 0 spiro atoms. The maximum absolute atomic E-state index is 13.7. The van der Waals surface area contributed by atoms with Crippen molar-refractivity contribution in [3.8, 4) is 0 Å². The first-order valence-corrected chi connectivity index (χ1v) is 14.3. The van der Waals surface area contributed by atoms with Crippen molar-refractivity contribution in [1.29, 1.82) is 0 Å². The summed E-state index contributed by atoms with van der Waals surface area (Å²) in [6, 6.07) is 4.37. The monoisotopic (exact) mass is 620 g/mol. The molecule has 2 aliphatic carbocycles. The number of halogens is 3. The van der Waals surface area contributed by atoms with Crippen LogP contribution in [0.2, 0.25) is 0 Å². The fourth-order valence-corrected chi connectivity index (χ4v) is 5.41. The van der Waals surface area contributed by atoms with Crippen molar-refractivity contribution in [3.05, 3.63) is 65.4 Å². The van der Waals surface area contributed by atoms with E-state index in [1.165, 1.54) is 18.0 Å². The Morgan fingerprint density at radius 1 is 1.07 bits per heavy atom. The number of carbonyl (C=O) groups is 3. The van der Waals surface area contributed by atoms with Crippen LogP contribution < -0.4 is 15.5 Å². The van der Waals surface area contributed by atoms with Crippen molar-refractivity contribution in [2.45, 2.75) is 50.7 Å². The lowest BCUT2D eigenvalue weighted by molar-refractivity contribution is -0.144. The van der Waals surface area contributed by atoms with E-state index in [1.54, 1.807) is 22.9 Å². The Labute approximate surface area is 253 Å². The summed E-state index contributed by atoms with van der Waals surface area (Å²) in [5, 5.41) is 5.34. The second-order valence-electron chi connectivity index (χ2n) is 11.5. The number of aryl methyl sites for hydroxylation is 1. The van der Waals surface area contributed by atoms with Crippen molar-refractivity contribution in [1.82, 2.24) is 34.2 Å². The zero-order valence-electron chi connectivity index (χ0n) is 24.2. The molecule has 2 atom stereocenters. The van der Waals surface area contributed by atoms with Gasteiger partial charge in [0.2, 0.25) is 17.6 Å². The minimum atomic E-state index is -4.86. The molecule has 2 N–H and O–H groups in total. The van der Waals surface area contributed by atoms with E-state index in [1.807, 2.05) is 19.2 Å². The summed E-state index contributed by atoms with van der Waals surface area (Å²) in [7, 11) is 1.42. The van der Waals surface area contributed by atoms with Crippen LogP contribution in [0.4, 0.5) is 35.3 Å². The van der Waals surface area contributed by atoms with Gasteiger partial charge in [-0.25, -0.2) is 29.7 Å². The first kappa shape index (κ1) is 28.6. The highest BCUT2D eigenvalue weighted by Crippen LogP contribution is 2.46. The number of rotatable bonds is 8. The quantitative estimate of drug-likeness (QED) is 0.280. The van der Waals surface area contributed by atoms with E-state index in [9.17, 15) is 27.6 Å². The highest BCUT2D eigenvalue weighted by Gasteiger charge is 2.46. The molecule has 2 unspecified atom stereocenters. The van der Waals surface area contributed by atoms with E-state index in [4.69, 9.17) is 0 Å². The summed E-state index contributed by atoms with van der Waals surface area (Å²) in [4.78, 5) is 60.6. The van der Waals surface area contributed by atoms with Crippen molar-refractivity contribution in [2.75, 3.05) is 29.1 Å². The number of carbonyl (C=O) groups excluding carboxylic acids is 3. The number of likely N-dealkylation sites (N-methyl/N-ethyl adjacent to an activating group) is 1. The average Bonchev–Trinajstić information content (AvgIpc) is 3.92. The fraction of sp³-hybridized carbons (Fsp3) is 0.379. The Bertz CT molecular complexity index is 1870. The first-order valence-electron chi connectivity index (χ1n) is 14.3. The van der Waals surface area contributed by atoms with Gasteiger partial charge in [-0.2, -0.15) is 13.2 Å². The van der Waals surface area contributed by atoms with E-state index in [-0.39, 0.29) is 36.6 Å². The number of nitrogens with zero attached hydrogens (tertiary/aromatic N) is 8. The van der Waals surface area contributed by atoms with Gasteiger partial charge >= 0.3 is 12.2 Å². The molecular weight excluding hydrogens is 593 g/mol. The molecular formula is C29H27F3N10O3. The van der Waals surface area contributed by atoms with Crippen molar-refractivity contribution >= 4 is 40.8 Å². The van der Waals surface area contributed by atoms with Crippen LogP contribution in [-0.4, -0.2) is 65.7 Å². The number of imide groups is 1. The molecule has 45 heavy (non-hydrogen) atoms. The molecule has 1 saturated heterocycles. The Balaban J connectivity index is 1.12. The molecule has 5 heterocycles. The molecule has 3 aliphatic rings. The standard InChI is InChI=1S/C29H27F3N10O3/c1-14-5-6-33-24(35-14)18-8-19(18)26(44)37-22-9-21(38-27(39-22)29(30,31)32)34-10-17-12-41-11-16(15-3-4-15)7-20(25(41)36-17)42-13-23(43)40(2)28(42)45/h5-7,9,11-12,15,18-19H,3-4,8,10,13H2,1-2H3,(H2,34,37,38,39,44). The second-order valence-corrected chi connectivity index (χ2v) is 11.5. The molecule has 0 aromatic carbocycles. The average molecular weight is 621 g/mol. The van der Waals surface area contributed by atoms with Crippen LogP contribution in [0.5, 0.6) is 0 Å². The van der Waals surface area contributed by atoms with Gasteiger partial charge in [-0.3, -0.25) is 19.4 Å². The normalized spacial score (nSPS) is 19.8. The van der Waals surface area contributed by atoms with Crippen LogP contribution in [0.3, 0.4) is 0 Å². The lowest BCUT2D eigenvalue weighted by Gasteiger charge is -2.17. The van der Waals surface area contributed by atoms with Crippen LogP contribution in [-0.2, 0) is 22.3 Å². The molecule has 4 aromatic heterocycles. The SMILES string of the molecule is Cc1ccnc(C2CC2C(=O)Nc2cc(NCc3cn4cc(C5CC5)cc(N5CC(=O)N(C)C5=O)c4n3)nc(C(F)(F)F)n2)n1. The van der Waals surface area contributed by atoms with Crippen LogP contribution in [0, 0.1) is 12.8 Å². The van der Waals surface area contributed by atoms with Crippen molar-refractivity contribution in [2.24, 2.45) is 5.92 Å². The molecule has 3 fully saturated rings. The van der Waals surface area contributed by atoms with Crippen molar-refractivity contribution in [3.63, 3.8) is 0 Å². The van der Waals surface area contributed by atoms with E-state index in [2.05, 4.69) is 35.6 Å². The minimum Gasteiger partial charge on any atom is -0.364 e. The van der Waals surface area contributed by atoms with Crippen LogP contribution in [0.1, 0.15) is 59.7 Å². The van der Waals surface area contributed by atoms with E-state index in [0.29, 0.717) is 35.2 Å². The molecule has 0 radical (unpaired) electrons. The molecule has 2 saturated carbocycles. The van der Waals surface area contributed by atoms with Crippen LogP contribution >= 0.6 is 0 Å². The van der Waals surface area contributed by atoms with Gasteiger partial charge in [0, 0.05) is 49.2 Å². The number of amides is 4. The zero-order chi connectivity index (χ0) is 31.6. The van der Waals surface area contributed by atoms with Crippen LogP contribution in [0.15, 0.2) is 36.8 Å². The molecule has 7 rings (SSSR count). The number of hydrogen-bond donors (Lipinski definition) is 2. The summed E-state index contributed by atoms with van der Waals surface area (Å²) < 4.78 is 42.9. The number of urea groups is 1. The number of aromatic nitrogens is 6. The number of imidazole rings is 1. The molecule has 4 aromatic rings. The second kappa shape index (κ2) is 10.5. The number of nitrogens with one attached hydrogen (secondary N) is 2. The molecule has 1 aliphatic heterocycles. The highest BCUT2D eigenvalue weighted by molar-refractivity contribution is 6.13. The summed E-state index contributed by atoms with van der Waals surface area (Å²) >= 11 is 0. The summed E-state index contributed by atoms with van der Waals surface area (Å²) in [5.74, 6) is -2.55. The minimum absolute atomic E-state index is 0.0241. The Morgan fingerprint density at radius 2 is 1.84 bits per heavy atom. The van der Waals surface area contributed by atoms with Gasteiger partial charge < -0.3 is 15.0 Å². The van der Waals surface area contributed by atoms with Crippen LogP contribution in [0.25, 0.3) is 5.65 Å². The van der Waals surface area contributed by atoms with Crippen molar-refractivity contribution < 1.29 is 27.6 Å². The molecule has 13 nitrogen and oxygen atoms in total. The smallest absolute Gasteiger partial charge is 0.364 e. The largest absolute Gasteiger partial charge is 0.451 e. The van der Waals surface area contributed by atoms with E-state index < -0.39 is 29.9 Å². The van der Waals surface area contributed by atoms with E-state index >= 15 is 0 Å². The number of anilines is 3. The van der Waals surface area contributed by atoms with Gasteiger partial charge in [0.15, 0.2) is 5.65 Å². The summed E-state index contributed by atoms with van der Waals surface area (Å²) in [6.07, 6.45) is 2.85. The van der Waals surface area contributed by atoms with Gasteiger partial charge in [-0.15, -0.1) is 0 Å². The predicted molar refractivity (Wildman–Crippen MR) is 153 cm³/mol. The maximum Gasteiger partial charge on any atom is 0.451 e. The number of hydrogen-bond acceptors (Lipinski definition) is 9. The fourth-order valence-electron chi connectivity index (χ4n) is 5.41. The highest BCUT2D eigenvalue weighted by atomic mass is 19.4. The molecule has 0 bridgehead atoms. The maximum atomic E-state index is 13.7. The predicted octanol–water partition coefficient (Wildman–Crippen LogP) is 3.87. The lowest BCUT2D eigenvalue weighted by atomic mass is 10.1. The number of alkyl halides is 3. The third-order valence-electron chi connectivity index (χ3n) is 8.08. The van der Waals surface area contributed by atoms with Gasteiger partial charge in [-0.1, -0.05) is 0 Å². The topological polar surface area (TPSA) is 151 Å². The lowest BCUT2D eigenvalue weighted by Crippen LogP contribution is -2.30. The molecule has 4 amide bonds. The molecule has 16 heteroatoms. The Hall–Kier alpha value is -5.15. The molecule has 232 valence electrons. The number of pyridine rings is 1. The Morgan fingerprint density at radius 3 is 2.53 bits per heavy atom. The van der Waals surface area contributed by atoms with Gasteiger partial charge in [-0.05, 0) is 49.8 Å².